The highest BCUT2D eigenvalue weighted by atomic mass is 19.4. The van der Waals surface area contributed by atoms with Gasteiger partial charge in [0.05, 0.1) is 5.56 Å². The van der Waals surface area contributed by atoms with Gasteiger partial charge in [0.25, 0.3) is 0 Å². The molecule has 1 aromatic rings. The Labute approximate surface area is 104 Å². The van der Waals surface area contributed by atoms with E-state index in [9.17, 15) is 13.2 Å². The Morgan fingerprint density at radius 3 is 2.39 bits per heavy atom. The molecule has 18 heavy (non-hydrogen) atoms. The van der Waals surface area contributed by atoms with Crippen molar-refractivity contribution < 1.29 is 13.2 Å². The minimum Gasteiger partial charge on any atom is -0.327 e. The molecule has 1 heterocycles. The second-order valence-electron chi connectivity index (χ2n) is 4.92. The molecule has 3 N–H and O–H groups in total. The van der Waals surface area contributed by atoms with Crippen molar-refractivity contribution in [2.75, 3.05) is 6.54 Å². The predicted molar refractivity (Wildman–Crippen MR) is 64.2 cm³/mol. The number of halogens is 3. The maximum absolute atomic E-state index is 12.5. The SMILES string of the molecule is CC1NCC(N)CC1c1ccc(C(F)(F)F)cc1. The monoisotopic (exact) mass is 258 g/mol. The van der Waals surface area contributed by atoms with Crippen LogP contribution in [0.25, 0.3) is 0 Å². The van der Waals surface area contributed by atoms with Crippen LogP contribution in [-0.4, -0.2) is 18.6 Å². The number of hydrogen-bond acceptors (Lipinski definition) is 2. The van der Waals surface area contributed by atoms with Gasteiger partial charge in [-0.05, 0) is 31.0 Å². The van der Waals surface area contributed by atoms with Crippen LogP contribution in [0.5, 0.6) is 0 Å². The zero-order valence-electron chi connectivity index (χ0n) is 10.2. The molecule has 0 saturated carbocycles. The van der Waals surface area contributed by atoms with Crippen molar-refractivity contribution >= 4 is 0 Å². The standard InChI is InChI=1S/C13H17F3N2/c1-8-12(6-11(17)7-18-8)9-2-4-10(5-3-9)13(14,15)16/h2-5,8,11-12,18H,6-7,17H2,1H3. The molecule has 3 unspecified atom stereocenters. The van der Waals surface area contributed by atoms with Crippen LogP contribution in [0.2, 0.25) is 0 Å². The van der Waals surface area contributed by atoms with E-state index >= 15 is 0 Å². The summed E-state index contributed by atoms with van der Waals surface area (Å²) in [6.45, 7) is 2.80. The summed E-state index contributed by atoms with van der Waals surface area (Å²) in [6, 6.07) is 5.70. The lowest BCUT2D eigenvalue weighted by molar-refractivity contribution is -0.137. The molecular weight excluding hydrogens is 241 g/mol. The number of nitrogens with one attached hydrogen (secondary N) is 1. The lowest BCUT2D eigenvalue weighted by Crippen LogP contribution is -2.48. The Balaban J connectivity index is 2.18. The van der Waals surface area contributed by atoms with Gasteiger partial charge in [-0.25, -0.2) is 0 Å². The second kappa shape index (κ2) is 4.90. The third-order valence-electron chi connectivity index (χ3n) is 3.53. The Kier molecular flexibility index (Phi) is 3.64. The van der Waals surface area contributed by atoms with E-state index in [-0.39, 0.29) is 18.0 Å². The minimum absolute atomic E-state index is 0.0634. The summed E-state index contributed by atoms with van der Waals surface area (Å²) in [5.41, 5.74) is 6.19. The first kappa shape index (κ1) is 13.4. The van der Waals surface area contributed by atoms with Gasteiger partial charge in [-0.15, -0.1) is 0 Å². The number of hydrogen-bond donors (Lipinski definition) is 2. The molecule has 1 aromatic carbocycles. The number of piperidine rings is 1. The molecule has 0 aliphatic carbocycles. The molecule has 2 rings (SSSR count). The third kappa shape index (κ3) is 2.84. The topological polar surface area (TPSA) is 38.0 Å². The van der Waals surface area contributed by atoms with Gasteiger partial charge in [0.2, 0.25) is 0 Å². The predicted octanol–water partition coefficient (Wildman–Crippen LogP) is 2.50. The van der Waals surface area contributed by atoms with Gasteiger partial charge in [0.15, 0.2) is 0 Å². The maximum atomic E-state index is 12.5. The van der Waals surface area contributed by atoms with Crippen molar-refractivity contribution in [3.8, 4) is 0 Å². The molecule has 1 saturated heterocycles. The van der Waals surface area contributed by atoms with E-state index in [1.807, 2.05) is 6.92 Å². The molecular formula is C13H17F3N2. The molecule has 5 heteroatoms. The van der Waals surface area contributed by atoms with Gasteiger partial charge in [-0.1, -0.05) is 12.1 Å². The van der Waals surface area contributed by atoms with E-state index < -0.39 is 11.7 Å². The van der Waals surface area contributed by atoms with Crippen molar-refractivity contribution in [3.63, 3.8) is 0 Å². The van der Waals surface area contributed by atoms with Crippen LogP contribution in [0, 0.1) is 0 Å². The molecule has 3 atom stereocenters. The molecule has 2 nitrogen and oxygen atoms in total. The number of alkyl halides is 3. The fourth-order valence-corrected chi connectivity index (χ4v) is 2.44. The van der Waals surface area contributed by atoms with Crippen LogP contribution in [0.3, 0.4) is 0 Å². The van der Waals surface area contributed by atoms with E-state index in [2.05, 4.69) is 5.32 Å². The average molecular weight is 258 g/mol. The Morgan fingerprint density at radius 1 is 1.22 bits per heavy atom. The van der Waals surface area contributed by atoms with Gasteiger partial charge in [-0.3, -0.25) is 0 Å². The van der Waals surface area contributed by atoms with Crippen molar-refractivity contribution in [2.24, 2.45) is 5.73 Å². The lowest BCUT2D eigenvalue weighted by Gasteiger charge is -2.34. The van der Waals surface area contributed by atoms with E-state index in [0.717, 1.165) is 30.7 Å². The van der Waals surface area contributed by atoms with E-state index in [1.165, 1.54) is 0 Å². The van der Waals surface area contributed by atoms with Crippen LogP contribution in [-0.2, 0) is 6.18 Å². The zero-order valence-corrected chi connectivity index (χ0v) is 10.2. The fourth-order valence-electron chi connectivity index (χ4n) is 2.44. The Morgan fingerprint density at radius 2 is 1.83 bits per heavy atom. The summed E-state index contributed by atoms with van der Waals surface area (Å²) in [6.07, 6.45) is -3.47. The molecule has 0 amide bonds. The van der Waals surface area contributed by atoms with Gasteiger partial charge in [0, 0.05) is 24.5 Å². The van der Waals surface area contributed by atoms with Gasteiger partial charge < -0.3 is 11.1 Å². The summed E-state index contributed by atoms with van der Waals surface area (Å²) in [7, 11) is 0. The van der Waals surface area contributed by atoms with Crippen molar-refractivity contribution in [3.05, 3.63) is 35.4 Å². The molecule has 1 fully saturated rings. The average Bonchev–Trinajstić information content (AvgIpc) is 2.31. The zero-order chi connectivity index (χ0) is 13.3. The normalized spacial score (nSPS) is 29.3. The third-order valence-corrected chi connectivity index (χ3v) is 3.53. The van der Waals surface area contributed by atoms with Crippen LogP contribution in [0.15, 0.2) is 24.3 Å². The number of rotatable bonds is 1. The highest BCUT2D eigenvalue weighted by Crippen LogP contribution is 2.32. The Hall–Kier alpha value is -1.07. The summed E-state index contributed by atoms with van der Waals surface area (Å²) in [4.78, 5) is 0. The molecule has 0 radical (unpaired) electrons. The van der Waals surface area contributed by atoms with Crippen molar-refractivity contribution in [1.82, 2.24) is 5.32 Å². The summed E-state index contributed by atoms with van der Waals surface area (Å²) in [5, 5.41) is 3.28. The first-order valence-corrected chi connectivity index (χ1v) is 6.04. The van der Waals surface area contributed by atoms with Crippen LogP contribution >= 0.6 is 0 Å². The molecule has 100 valence electrons. The quantitative estimate of drug-likeness (QED) is 0.812. The second-order valence-corrected chi connectivity index (χ2v) is 4.92. The number of benzene rings is 1. The minimum atomic E-state index is -4.27. The molecule has 0 bridgehead atoms. The van der Waals surface area contributed by atoms with Crippen LogP contribution < -0.4 is 11.1 Å². The fraction of sp³-hybridized carbons (Fsp3) is 0.538. The highest BCUT2D eigenvalue weighted by Gasteiger charge is 2.31. The van der Waals surface area contributed by atoms with Gasteiger partial charge >= 0.3 is 6.18 Å². The first-order valence-electron chi connectivity index (χ1n) is 6.04. The summed E-state index contributed by atoms with van der Waals surface area (Å²) in [5.74, 6) is 0.177. The van der Waals surface area contributed by atoms with Crippen molar-refractivity contribution in [2.45, 2.75) is 37.5 Å². The van der Waals surface area contributed by atoms with E-state index in [1.54, 1.807) is 12.1 Å². The molecule has 1 aliphatic heterocycles. The van der Waals surface area contributed by atoms with Crippen molar-refractivity contribution in [1.29, 1.82) is 0 Å². The van der Waals surface area contributed by atoms with Gasteiger partial charge in [0.1, 0.15) is 0 Å². The first-order chi connectivity index (χ1) is 8.38. The molecule has 0 spiro atoms. The van der Waals surface area contributed by atoms with Crippen LogP contribution in [0.4, 0.5) is 13.2 Å². The highest BCUT2D eigenvalue weighted by molar-refractivity contribution is 5.28. The van der Waals surface area contributed by atoms with Gasteiger partial charge in [-0.2, -0.15) is 13.2 Å². The molecule has 1 aliphatic rings. The van der Waals surface area contributed by atoms with E-state index in [4.69, 9.17) is 5.73 Å². The molecule has 0 aromatic heterocycles. The summed E-state index contributed by atoms with van der Waals surface area (Å²) < 4.78 is 37.4. The van der Waals surface area contributed by atoms with Crippen LogP contribution in [0.1, 0.15) is 30.4 Å². The smallest absolute Gasteiger partial charge is 0.327 e. The maximum Gasteiger partial charge on any atom is 0.416 e. The number of nitrogens with two attached hydrogens (primary N) is 1. The lowest BCUT2D eigenvalue weighted by atomic mass is 9.83. The van der Waals surface area contributed by atoms with E-state index in [0.29, 0.717) is 0 Å². The Bertz CT molecular complexity index is 400. The largest absolute Gasteiger partial charge is 0.416 e. The summed E-state index contributed by atoms with van der Waals surface area (Å²) >= 11 is 0.